The molecule has 0 unspecified atom stereocenters. The average molecular weight is 242 g/mol. The van der Waals surface area contributed by atoms with Crippen LogP contribution in [-0.4, -0.2) is 12.3 Å². The SMILES string of the molecule is Cc1c(CC(C)(C)N)c(Cl)cc2c1OCO2. The van der Waals surface area contributed by atoms with Crippen molar-refractivity contribution in [3.63, 3.8) is 0 Å². The number of nitrogens with two attached hydrogens (primary N) is 1. The fourth-order valence-corrected chi connectivity index (χ4v) is 2.19. The largest absolute Gasteiger partial charge is 0.454 e. The summed E-state index contributed by atoms with van der Waals surface area (Å²) < 4.78 is 10.7. The number of halogens is 1. The Morgan fingerprint density at radius 3 is 2.75 bits per heavy atom. The first kappa shape index (κ1) is 11.6. The molecule has 0 aliphatic carbocycles. The van der Waals surface area contributed by atoms with Crippen LogP contribution in [0.15, 0.2) is 6.07 Å². The van der Waals surface area contributed by atoms with Crippen molar-refractivity contribution < 1.29 is 9.47 Å². The number of fused-ring (bicyclic) bond motifs is 1. The third-order valence-electron chi connectivity index (χ3n) is 2.61. The van der Waals surface area contributed by atoms with Crippen molar-refractivity contribution >= 4 is 11.6 Å². The van der Waals surface area contributed by atoms with Crippen LogP contribution in [0.5, 0.6) is 11.5 Å². The highest BCUT2D eigenvalue weighted by atomic mass is 35.5. The summed E-state index contributed by atoms with van der Waals surface area (Å²) in [6, 6.07) is 1.80. The fourth-order valence-electron chi connectivity index (χ4n) is 1.88. The van der Waals surface area contributed by atoms with Gasteiger partial charge in [0.25, 0.3) is 0 Å². The maximum Gasteiger partial charge on any atom is 0.231 e. The lowest BCUT2D eigenvalue weighted by molar-refractivity contribution is 0.173. The quantitative estimate of drug-likeness (QED) is 0.866. The second-order valence-electron chi connectivity index (χ2n) is 4.86. The molecule has 0 aromatic heterocycles. The summed E-state index contributed by atoms with van der Waals surface area (Å²) in [7, 11) is 0. The second-order valence-corrected chi connectivity index (χ2v) is 5.27. The standard InChI is InChI=1S/C12H16ClNO2/c1-7-8(5-12(2,3)14)9(13)4-10-11(7)16-6-15-10/h4H,5-6,14H2,1-3H3. The molecule has 4 heteroatoms. The zero-order valence-corrected chi connectivity index (χ0v) is 10.5. The van der Waals surface area contributed by atoms with Crippen LogP contribution in [-0.2, 0) is 6.42 Å². The van der Waals surface area contributed by atoms with Gasteiger partial charge < -0.3 is 15.2 Å². The van der Waals surface area contributed by atoms with Gasteiger partial charge >= 0.3 is 0 Å². The topological polar surface area (TPSA) is 44.5 Å². The number of hydrogen-bond acceptors (Lipinski definition) is 3. The number of hydrogen-bond donors (Lipinski definition) is 1. The average Bonchev–Trinajstić information content (AvgIpc) is 2.58. The number of ether oxygens (including phenoxy) is 2. The summed E-state index contributed by atoms with van der Waals surface area (Å²) in [6.45, 7) is 6.21. The molecular weight excluding hydrogens is 226 g/mol. The summed E-state index contributed by atoms with van der Waals surface area (Å²) in [5, 5.41) is 0.695. The van der Waals surface area contributed by atoms with Crippen LogP contribution in [0.3, 0.4) is 0 Å². The van der Waals surface area contributed by atoms with Crippen LogP contribution in [0.2, 0.25) is 5.02 Å². The lowest BCUT2D eigenvalue weighted by Gasteiger charge is -2.21. The van der Waals surface area contributed by atoms with Crippen molar-refractivity contribution in [2.45, 2.75) is 32.7 Å². The molecule has 0 saturated heterocycles. The zero-order chi connectivity index (χ0) is 11.9. The Balaban J connectivity index is 2.46. The molecule has 0 spiro atoms. The van der Waals surface area contributed by atoms with E-state index in [0.29, 0.717) is 11.4 Å². The first-order valence-corrected chi connectivity index (χ1v) is 5.63. The molecule has 1 aliphatic heterocycles. The molecule has 3 nitrogen and oxygen atoms in total. The van der Waals surface area contributed by atoms with E-state index in [0.717, 1.165) is 22.6 Å². The normalized spacial score (nSPS) is 14.3. The maximum absolute atomic E-state index is 6.23. The van der Waals surface area contributed by atoms with E-state index in [1.54, 1.807) is 6.07 Å². The third-order valence-corrected chi connectivity index (χ3v) is 2.95. The summed E-state index contributed by atoms with van der Waals surface area (Å²) in [5.74, 6) is 1.52. The van der Waals surface area contributed by atoms with E-state index in [2.05, 4.69) is 0 Å². The minimum absolute atomic E-state index is 0.266. The molecule has 1 heterocycles. The molecule has 1 aromatic rings. The Bertz CT molecular complexity index is 424. The third kappa shape index (κ3) is 2.11. The molecule has 0 fully saturated rings. The lowest BCUT2D eigenvalue weighted by atomic mass is 9.92. The van der Waals surface area contributed by atoms with Gasteiger partial charge in [0.2, 0.25) is 6.79 Å². The highest BCUT2D eigenvalue weighted by molar-refractivity contribution is 6.31. The molecule has 2 N–H and O–H groups in total. The molecule has 88 valence electrons. The van der Waals surface area contributed by atoms with Crippen molar-refractivity contribution in [2.24, 2.45) is 5.73 Å². The molecule has 0 saturated carbocycles. The van der Waals surface area contributed by atoms with Gasteiger partial charge in [-0.3, -0.25) is 0 Å². The Hall–Kier alpha value is -0.930. The van der Waals surface area contributed by atoms with Crippen molar-refractivity contribution in [3.8, 4) is 11.5 Å². The van der Waals surface area contributed by atoms with E-state index < -0.39 is 0 Å². The Morgan fingerprint density at radius 2 is 2.12 bits per heavy atom. The van der Waals surface area contributed by atoms with E-state index in [1.807, 2.05) is 20.8 Å². The minimum Gasteiger partial charge on any atom is -0.454 e. The first-order chi connectivity index (χ1) is 7.38. The number of rotatable bonds is 2. The Labute approximate surface area is 100 Å². The van der Waals surface area contributed by atoms with Crippen LogP contribution in [0.1, 0.15) is 25.0 Å². The van der Waals surface area contributed by atoms with E-state index in [4.69, 9.17) is 26.8 Å². The van der Waals surface area contributed by atoms with E-state index >= 15 is 0 Å². The molecule has 2 rings (SSSR count). The molecular formula is C12H16ClNO2. The molecule has 0 bridgehead atoms. The Kier molecular flexibility index (Phi) is 2.76. The van der Waals surface area contributed by atoms with Crippen molar-refractivity contribution in [1.82, 2.24) is 0 Å². The summed E-state index contributed by atoms with van der Waals surface area (Å²) in [5.41, 5.74) is 7.80. The van der Waals surface area contributed by atoms with Crippen LogP contribution >= 0.6 is 11.6 Å². The molecule has 0 atom stereocenters. The fraction of sp³-hybridized carbons (Fsp3) is 0.500. The van der Waals surface area contributed by atoms with Gasteiger partial charge in [-0.2, -0.15) is 0 Å². The maximum atomic E-state index is 6.23. The van der Waals surface area contributed by atoms with Gasteiger partial charge in [0.05, 0.1) is 0 Å². The molecule has 16 heavy (non-hydrogen) atoms. The predicted octanol–water partition coefficient (Wildman–Crippen LogP) is 2.66. The van der Waals surface area contributed by atoms with Gasteiger partial charge in [-0.1, -0.05) is 11.6 Å². The smallest absolute Gasteiger partial charge is 0.231 e. The first-order valence-electron chi connectivity index (χ1n) is 5.25. The van der Waals surface area contributed by atoms with E-state index in [9.17, 15) is 0 Å². The van der Waals surface area contributed by atoms with Crippen LogP contribution in [0.4, 0.5) is 0 Å². The zero-order valence-electron chi connectivity index (χ0n) is 9.76. The van der Waals surface area contributed by atoms with Gasteiger partial charge in [-0.25, -0.2) is 0 Å². The van der Waals surface area contributed by atoms with E-state index in [-0.39, 0.29) is 12.3 Å². The number of benzene rings is 1. The molecule has 1 aliphatic rings. The van der Waals surface area contributed by atoms with Gasteiger partial charge in [0, 0.05) is 16.6 Å². The summed E-state index contributed by atoms with van der Waals surface area (Å²) >= 11 is 6.23. The van der Waals surface area contributed by atoms with Crippen LogP contribution < -0.4 is 15.2 Å². The van der Waals surface area contributed by atoms with Gasteiger partial charge in [-0.15, -0.1) is 0 Å². The van der Waals surface area contributed by atoms with Crippen molar-refractivity contribution in [1.29, 1.82) is 0 Å². The lowest BCUT2D eigenvalue weighted by Crippen LogP contribution is -2.34. The van der Waals surface area contributed by atoms with E-state index in [1.165, 1.54) is 0 Å². The summed E-state index contributed by atoms with van der Waals surface area (Å²) in [6.07, 6.45) is 0.717. The van der Waals surface area contributed by atoms with Gasteiger partial charge in [0.1, 0.15) is 0 Å². The highest BCUT2D eigenvalue weighted by Crippen LogP contribution is 2.41. The highest BCUT2D eigenvalue weighted by Gasteiger charge is 2.23. The van der Waals surface area contributed by atoms with Crippen LogP contribution in [0, 0.1) is 6.92 Å². The van der Waals surface area contributed by atoms with Crippen LogP contribution in [0.25, 0.3) is 0 Å². The van der Waals surface area contributed by atoms with Crippen molar-refractivity contribution in [2.75, 3.05) is 6.79 Å². The second kappa shape index (κ2) is 3.82. The van der Waals surface area contributed by atoms with Crippen molar-refractivity contribution in [3.05, 3.63) is 22.2 Å². The van der Waals surface area contributed by atoms with Gasteiger partial charge in [-0.05, 0) is 38.3 Å². The predicted molar refractivity (Wildman–Crippen MR) is 64.3 cm³/mol. The molecule has 0 amide bonds. The Morgan fingerprint density at radius 1 is 1.44 bits per heavy atom. The minimum atomic E-state index is -0.290. The molecule has 0 radical (unpaired) electrons. The van der Waals surface area contributed by atoms with Gasteiger partial charge in [0.15, 0.2) is 11.5 Å². The monoisotopic (exact) mass is 241 g/mol. The summed E-state index contributed by atoms with van der Waals surface area (Å²) in [4.78, 5) is 0. The molecule has 1 aromatic carbocycles.